The second-order valence-electron chi connectivity index (χ2n) is 6.02. The number of hydrogen-bond donors (Lipinski definition) is 0. The second-order valence-corrected chi connectivity index (χ2v) is 6.02. The molecule has 1 unspecified atom stereocenters. The normalized spacial score (nSPS) is 13.1. The molecule has 1 aromatic carbocycles. The van der Waals surface area contributed by atoms with E-state index in [1.807, 2.05) is 19.1 Å². The predicted octanol–water partition coefficient (Wildman–Crippen LogP) is 5.23. The third kappa shape index (κ3) is 5.83. The van der Waals surface area contributed by atoms with Crippen LogP contribution in [-0.4, -0.2) is 17.5 Å². The van der Waals surface area contributed by atoms with Gasteiger partial charge in [0.2, 0.25) is 0 Å². The van der Waals surface area contributed by atoms with E-state index in [9.17, 15) is 0 Å². The molecule has 0 aromatic heterocycles. The van der Waals surface area contributed by atoms with Gasteiger partial charge in [-0.25, -0.2) is 0 Å². The fourth-order valence-corrected chi connectivity index (χ4v) is 2.53. The lowest BCUT2D eigenvalue weighted by Gasteiger charge is -2.32. The molecular weight excluding hydrogens is 278 g/mol. The van der Waals surface area contributed by atoms with Crippen LogP contribution in [0.4, 0.5) is 0 Å². The van der Waals surface area contributed by atoms with E-state index in [1.165, 1.54) is 11.1 Å². The summed E-state index contributed by atoms with van der Waals surface area (Å²) in [4.78, 5) is 2.24. The van der Waals surface area contributed by atoms with Crippen LogP contribution in [0.1, 0.15) is 33.3 Å². The third-order valence-electron chi connectivity index (χ3n) is 3.96. The number of allylic oxidation sites excluding steroid dienone is 4. The Morgan fingerprint density at radius 2 is 1.91 bits per heavy atom. The van der Waals surface area contributed by atoms with Gasteiger partial charge in [0, 0.05) is 12.2 Å². The van der Waals surface area contributed by atoms with Gasteiger partial charge >= 0.3 is 0 Å². The highest BCUT2D eigenvalue weighted by molar-refractivity contribution is 5.33. The van der Waals surface area contributed by atoms with Crippen molar-refractivity contribution < 1.29 is 0 Å². The molecule has 0 heterocycles. The monoisotopic (exact) mass is 307 g/mol. The van der Waals surface area contributed by atoms with Gasteiger partial charge in [0.25, 0.3) is 0 Å². The number of hydrogen-bond acceptors (Lipinski definition) is 1. The lowest BCUT2D eigenvalue weighted by molar-refractivity contribution is 0.320. The molecule has 0 amide bonds. The number of nitrogens with zero attached hydrogens (tertiary/aromatic N) is 1. The van der Waals surface area contributed by atoms with Crippen molar-refractivity contribution in [1.82, 2.24) is 4.90 Å². The number of benzene rings is 1. The smallest absolute Gasteiger partial charge is 0.0873 e. The Hall–Kier alpha value is -2.20. The first-order valence-electron chi connectivity index (χ1n) is 8.30. The summed E-state index contributed by atoms with van der Waals surface area (Å²) >= 11 is 0. The van der Waals surface area contributed by atoms with E-state index in [2.05, 4.69) is 74.6 Å². The molecule has 23 heavy (non-hydrogen) atoms. The molecule has 1 heteroatoms. The Kier molecular flexibility index (Phi) is 7.98. The summed E-state index contributed by atoms with van der Waals surface area (Å²) in [5.41, 5.74) is 3.58. The minimum Gasteiger partial charge on any atom is -0.358 e. The Morgan fingerprint density at radius 1 is 1.26 bits per heavy atom. The van der Waals surface area contributed by atoms with Gasteiger partial charge in [0.1, 0.15) is 0 Å². The van der Waals surface area contributed by atoms with Crippen LogP contribution >= 0.6 is 0 Å². The fourth-order valence-electron chi connectivity index (χ4n) is 2.53. The topological polar surface area (TPSA) is 3.24 Å². The lowest BCUT2D eigenvalue weighted by atomic mass is 9.97. The number of terminal acetylenes is 1. The standard InChI is InChI=1S/C22H29N/c1-7-9-15-22(18(3)4)20(6)23(19(5)8-2)17-16-21-13-11-10-12-14-21/h2,7,9-15,18-19H,6,16-17H2,1,3-5H3/b9-7-,22-15+. The molecule has 0 spiro atoms. The summed E-state index contributed by atoms with van der Waals surface area (Å²) in [6.07, 6.45) is 12.9. The zero-order chi connectivity index (χ0) is 17.2. The maximum Gasteiger partial charge on any atom is 0.0873 e. The van der Waals surface area contributed by atoms with Gasteiger partial charge in [0.05, 0.1) is 6.04 Å². The van der Waals surface area contributed by atoms with Gasteiger partial charge in [-0.05, 0) is 37.3 Å². The molecule has 1 rings (SSSR count). The molecule has 0 bridgehead atoms. The van der Waals surface area contributed by atoms with Crippen LogP contribution in [0.3, 0.4) is 0 Å². The van der Waals surface area contributed by atoms with Crippen molar-refractivity contribution in [2.45, 2.75) is 40.2 Å². The largest absolute Gasteiger partial charge is 0.358 e. The second kappa shape index (κ2) is 9.74. The summed E-state index contributed by atoms with van der Waals surface area (Å²) in [7, 11) is 0. The van der Waals surface area contributed by atoms with Gasteiger partial charge in [-0.15, -0.1) is 6.42 Å². The maximum atomic E-state index is 5.69. The SMILES string of the molecule is C#CC(C)N(CCc1ccccc1)C(=C)/C(=C/C=C\C)C(C)C. The number of rotatable bonds is 8. The van der Waals surface area contributed by atoms with Crippen LogP contribution in [0.15, 0.2) is 66.4 Å². The van der Waals surface area contributed by atoms with Gasteiger partial charge < -0.3 is 4.90 Å². The van der Waals surface area contributed by atoms with E-state index >= 15 is 0 Å². The molecule has 0 N–H and O–H groups in total. The zero-order valence-corrected chi connectivity index (χ0v) is 14.9. The summed E-state index contributed by atoms with van der Waals surface area (Å²) in [5, 5.41) is 0. The lowest BCUT2D eigenvalue weighted by Crippen LogP contribution is -2.34. The molecule has 0 radical (unpaired) electrons. The van der Waals surface area contributed by atoms with E-state index in [1.54, 1.807) is 0 Å². The van der Waals surface area contributed by atoms with Crippen LogP contribution in [0, 0.1) is 18.3 Å². The highest BCUT2D eigenvalue weighted by Gasteiger charge is 2.18. The van der Waals surface area contributed by atoms with Crippen molar-refractivity contribution in [1.29, 1.82) is 0 Å². The van der Waals surface area contributed by atoms with Gasteiger partial charge in [-0.1, -0.05) is 74.9 Å². The van der Waals surface area contributed by atoms with Crippen LogP contribution in [0.25, 0.3) is 0 Å². The maximum absolute atomic E-state index is 5.69. The highest BCUT2D eigenvalue weighted by atomic mass is 15.2. The average molecular weight is 307 g/mol. The van der Waals surface area contributed by atoms with E-state index in [0.29, 0.717) is 5.92 Å². The molecule has 1 nitrogen and oxygen atoms in total. The molecule has 0 saturated carbocycles. The first-order chi connectivity index (χ1) is 11.0. The Bertz CT molecular complexity index is 584. The third-order valence-corrected chi connectivity index (χ3v) is 3.96. The molecule has 1 aromatic rings. The van der Waals surface area contributed by atoms with Crippen LogP contribution in [0.5, 0.6) is 0 Å². The average Bonchev–Trinajstić information content (AvgIpc) is 2.55. The minimum absolute atomic E-state index is 0.0268. The molecule has 0 aliphatic carbocycles. The summed E-state index contributed by atoms with van der Waals surface area (Å²) in [5.74, 6) is 3.26. The summed E-state index contributed by atoms with van der Waals surface area (Å²) in [6.45, 7) is 13.7. The van der Waals surface area contributed by atoms with Crippen molar-refractivity contribution in [2.24, 2.45) is 5.92 Å². The quantitative estimate of drug-likeness (QED) is 0.470. The van der Waals surface area contributed by atoms with E-state index in [-0.39, 0.29) is 6.04 Å². The molecule has 122 valence electrons. The summed E-state index contributed by atoms with van der Waals surface area (Å²) in [6, 6.07) is 10.5. The van der Waals surface area contributed by atoms with E-state index in [4.69, 9.17) is 6.42 Å². The minimum atomic E-state index is 0.0268. The summed E-state index contributed by atoms with van der Waals surface area (Å²) < 4.78 is 0. The van der Waals surface area contributed by atoms with Crippen molar-refractivity contribution in [3.8, 4) is 12.3 Å². The molecular formula is C22H29N. The zero-order valence-electron chi connectivity index (χ0n) is 14.9. The van der Waals surface area contributed by atoms with Gasteiger partial charge in [0.15, 0.2) is 0 Å². The highest BCUT2D eigenvalue weighted by Crippen LogP contribution is 2.24. The van der Waals surface area contributed by atoms with Crippen molar-refractivity contribution >= 4 is 0 Å². The first kappa shape index (κ1) is 18.8. The van der Waals surface area contributed by atoms with Crippen LogP contribution in [0.2, 0.25) is 0 Å². The Labute approximate surface area is 142 Å². The Balaban J connectivity index is 2.96. The van der Waals surface area contributed by atoms with Gasteiger partial charge in [-0.3, -0.25) is 0 Å². The predicted molar refractivity (Wildman–Crippen MR) is 102 cm³/mol. The molecule has 0 fully saturated rings. The Morgan fingerprint density at radius 3 is 2.43 bits per heavy atom. The van der Waals surface area contributed by atoms with Crippen molar-refractivity contribution in [3.05, 3.63) is 72.0 Å². The van der Waals surface area contributed by atoms with Crippen molar-refractivity contribution in [3.63, 3.8) is 0 Å². The fraction of sp³-hybridized carbons (Fsp3) is 0.364. The van der Waals surface area contributed by atoms with Crippen molar-refractivity contribution in [2.75, 3.05) is 6.54 Å². The molecule has 0 aliphatic heterocycles. The first-order valence-corrected chi connectivity index (χ1v) is 8.30. The van der Waals surface area contributed by atoms with E-state index < -0.39 is 0 Å². The molecule has 1 atom stereocenters. The molecule has 0 aliphatic rings. The van der Waals surface area contributed by atoms with E-state index in [0.717, 1.165) is 18.7 Å². The molecule has 0 saturated heterocycles. The van der Waals surface area contributed by atoms with Crippen LogP contribution < -0.4 is 0 Å². The van der Waals surface area contributed by atoms with Crippen LogP contribution in [-0.2, 0) is 6.42 Å². The van der Waals surface area contributed by atoms with Gasteiger partial charge in [-0.2, -0.15) is 0 Å².